The van der Waals surface area contributed by atoms with E-state index in [1.54, 1.807) is 11.9 Å². The molecule has 11 heteroatoms. The van der Waals surface area contributed by atoms with Crippen LogP contribution in [0.25, 0.3) is 0 Å². The number of halogens is 4. The van der Waals surface area contributed by atoms with Gasteiger partial charge in [0.25, 0.3) is 12.4 Å². The van der Waals surface area contributed by atoms with Gasteiger partial charge in [-0.25, -0.2) is 13.2 Å². The summed E-state index contributed by atoms with van der Waals surface area (Å²) in [7, 11) is 1.67. The van der Waals surface area contributed by atoms with E-state index in [9.17, 15) is 18.0 Å². The number of rotatable bonds is 8. The van der Waals surface area contributed by atoms with Crippen LogP contribution < -0.4 is 5.32 Å². The molecule has 1 heterocycles. The van der Waals surface area contributed by atoms with E-state index in [4.69, 9.17) is 25.8 Å². The molecule has 0 radical (unpaired) electrons. The molecule has 1 aliphatic heterocycles. The number of hydrogen-bond acceptors (Lipinski definition) is 6. The molecule has 1 saturated carbocycles. The SMILES string of the molecule is CC(=O)N[C@@H](C)COC1CCC(OC2=NC3=C(F)C=C(OCC(F)F)C(Cl)C3N2C)CC1. The molecule has 0 bridgehead atoms. The fourth-order valence-corrected chi connectivity index (χ4v) is 4.45. The van der Waals surface area contributed by atoms with E-state index in [0.717, 1.165) is 31.8 Å². The molecule has 2 unspecified atom stereocenters. The maximum absolute atomic E-state index is 14.5. The molecule has 7 nitrogen and oxygen atoms in total. The Morgan fingerprint density at radius 1 is 1.28 bits per heavy atom. The van der Waals surface area contributed by atoms with Crippen molar-refractivity contribution in [3.8, 4) is 0 Å². The number of amides is 1. The third-order valence-corrected chi connectivity index (χ3v) is 6.03. The Kier molecular flexibility index (Phi) is 8.32. The van der Waals surface area contributed by atoms with Crippen LogP contribution in [0.2, 0.25) is 0 Å². The summed E-state index contributed by atoms with van der Waals surface area (Å²) in [5, 5.41) is 1.92. The Hall–Kier alpha value is -1.94. The summed E-state index contributed by atoms with van der Waals surface area (Å²) < 4.78 is 56.4. The van der Waals surface area contributed by atoms with Crippen molar-refractivity contribution in [1.82, 2.24) is 10.2 Å². The number of hydrogen-bond donors (Lipinski definition) is 1. The number of likely N-dealkylation sites (N-methyl/N-ethyl adjacent to an activating group) is 1. The highest BCUT2D eigenvalue weighted by Crippen LogP contribution is 2.38. The van der Waals surface area contributed by atoms with Gasteiger partial charge in [0.1, 0.15) is 41.4 Å². The van der Waals surface area contributed by atoms with Gasteiger partial charge in [-0.3, -0.25) is 4.79 Å². The van der Waals surface area contributed by atoms with Crippen LogP contribution in [0.1, 0.15) is 39.5 Å². The molecule has 32 heavy (non-hydrogen) atoms. The van der Waals surface area contributed by atoms with Gasteiger partial charge < -0.3 is 24.4 Å². The lowest BCUT2D eigenvalue weighted by atomic mass is 9.95. The van der Waals surface area contributed by atoms with Crippen molar-refractivity contribution in [2.75, 3.05) is 20.3 Å². The van der Waals surface area contributed by atoms with Gasteiger partial charge in [-0.15, -0.1) is 11.6 Å². The number of allylic oxidation sites excluding steroid dienone is 2. The molecule has 0 aromatic carbocycles. The molecule has 180 valence electrons. The van der Waals surface area contributed by atoms with Crippen LogP contribution in [-0.4, -0.2) is 73.2 Å². The number of amidine groups is 1. The first-order chi connectivity index (χ1) is 15.2. The Labute approximate surface area is 190 Å². The van der Waals surface area contributed by atoms with Crippen LogP contribution in [0, 0.1) is 0 Å². The second-order valence-electron chi connectivity index (χ2n) is 8.29. The minimum atomic E-state index is -2.68. The highest BCUT2D eigenvalue weighted by molar-refractivity contribution is 6.23. The molecule has 3 atom stereocenters. The fraction of sp³-hybridized carbons (Fsp3) is 0.714. The van der Waals surface area contributed by atoms with Gasteiger partial charge in [-0.2, -0.15) is 4.99 Å². The van der Waals surface area contributed by atoms with Crippen LogP contribution >= 0.6 is 11.6 Å². The summed E-state index contributed by atoms with van der Waals surface area (Å²) in [6, 6.07) is -0.501. The first-order valence-corrected chi connectivity index (χ1v) is 11.1. The summed E-state index contributed by atoms with van der Waals surface area (Å²) in [5.74, 6) is -0.812. The van der Waals surface area contributed by atoms with Gasteiger partial charge in [0.05, 0.1) is 12.7 Å². The average molecular weight is 480 g/mol. The van der Waals surface area contributed by atoms with Gasteiger partial charge >= 0.3 is 0 Å². The Balaban J connectivity index is 1.52. The zero-order chi connectivity index (χ0) is 23.4. The standard InChI is InChI=1S/C21H29ClF3N3O4/c1-11(26-12(2)29)9-30-13-4-6-14(7-5-13)32-21-27-19-15(23)8-16(31-10-17(24)25)18(22)20(19)28(21)3/h8,11,13-14,17-18,20H,4-7,9-10H2,1-3H3,(H,26,29)/t11-,13?,14?,18?,20?/m0/s1. The highest BCUT2D eigenvalue weighted by atomic mass is 35.5. The maximum atomic E-state index is 14.5. The lowest BCUT2D eigenvalue weighted by molar-refractivity contribution is -0.120. The summed E-state index contributed by atoms with van der Waals surface area (Å²) in [6.45, 7) is 2.95. The van der Waals surface area contributed by atoms with Crippen molar-refractivity contribution >= 4 is 23.5 Å². The molecular formula is C21H29ClF3N3O4. The first kappa shape index (κ1) is 24.7. The topological polar surface area (TPSA) is 72.4 Å². The lowest BCUT2D eigenvalue weighted by Gasteiger charge is -2.33. The smallest absolute Gasteiger partial charge is 0.293 e. The minimum absolute atomic E-state index is 0.0485. The molecule has 0 aromatic rings. The van der Waals surface area contributed by atoms with Gasteiger partial charge in [-0.1, -0.05) is 0 Å². The Bertz CT molecular complexity index is 784. The van der Waals surface area contributed by atoms with E-state index >= 15 is 0 Å². The molecule has 3 rings (SSSR count). The van der Waals surface area contributed by atoms with Crippen LogP contribution in [-0.2, 0) is 19.0 Å². The van der Waals surface area contributed by atoms with Crippen LogP contribution in [0.15, 0.2) is 28.4 Å². The number of nitrogens with one attached hydrogen (secondary N) is 1. The van der Waals surface area contributed by atoms with Crippen LogP contribution in [0.3, 0.4) is 0 Å². The van der Waals surface area contributed by atoms with Crippen molar-refractivity contribution in [3.63, 3.8) is 0 Å². The summed E-state index contributed by atoms with van der Waals surface area (Å²) >= 11 is 6.39. The largest absolute Gasteiger partial charge is 0.490 e. The molecule has 1 amide bonds. The summed E-state index contributed by atoms with van der Waals surface area (Å²) in [4.78, 5) is 17.0. The molecule has 1 N–H and O–H groups in total. The zero-order valence-electron chi connectivity index (χ0n) is 18.3. The minimum Gasteiger partial charge on any atom is -0.490 e. The number of carbonyl (C=O) groups excluding carboxylic acids is 1. The second-order valence-corrected chi connectivity index (χ2v) is 8.76. The normalized spacial score (nSPS) is 28.8. The monoisotopic (exact) mass is 479 g/mol. The quantitative estimate of drug-likeness (QED) is 0.539. The molecule has 3 aliphatic rings. The van der Waals surface area contributed by atoms with Crippen LogP contribution in [0.4, 0.5) is 13.2 Å². The number of nitrogens with zero attached hydrogens (tertiary/aromatic N) is 2. The fourth-order valence-electron chi connectivity index (χ4n) is 4.04. The third kappa shape index (κ3) is 6.10. The van der Waals surface area contributed by atoms with E-state index in [0.29, 0.717) is 6.61 Å². The van der Waals surface area contributed by atoms with E-state index in [-0.39, 0.29) is 41.6 Å². The first-order valence-electron chi connectivity index (χ1n) is 10.7. The molecule has 0 aromatic heterocycles. The molecular weight excluding hydrogens is 451 g/mol. The number of fused-ring (bicyclic) bond motifs is 1. The summed E-state index contributed by atoms with van der Waals surface area (Å²) in [6.07, 6.45) is 1.37. The van der Waals surface area contributed by atoms with E-state index in [1.807, 2.05) is 6.92 Å². The maximum Gasteiger partial charge on any atom is 0.293 e. The summed E-state index contributed by atoms with van der Waals surface area (Å²) in [5.41, 5.74) is 0.107. The molecule has 1 fully saturated rings. The zero-order valence-corrected chi connectivity index (χ0v) is 19.1. The molecule has 0 saturated heterocycles. The van der Waals surface area contributed by atoms with E-state index < -0.39 is 30.3 Å². The van der Waals surface area contributed by atoms with Gasteiger partial charge in [-0.05, 0) is 32.6 Å². The Morgan fingerprint density at radius 3 is 2.56 bits per heavy atom. The number of carbonyl (C=O) groups is 1. The predicted octanol–water partition coefficient (Wildman–Crippen LogP) is 3.49. The van der Waals surface area contributed by atoms with E-state index in [2.05, 4.69) is 10.3 Å². The van der Waals surface area contributed by atoms with Gasteiger partial charge in [0.2, 0.25) is 5.91 Å². The Morgan fingerprint density at radius 2 is 1.94 bits per heavy atom. The van der Waals surface area contributed by atoms with Crippen molar-refractivity contribution in [1.29, 1.82) is 0 Å². The molecule has 2 aliphatic carbocycles. The third-order valence-electron chi connectivity index (χ3n) is 5.58. The predicted molar refractivity (Wildman–Crippen MR) is 113 cm³/mol. The van der Waals surface area contributed by atoms with E-state index in [1.165, 1.54) is 6.92 Å². The van der Waals surface area contributed by atoms with Crippen molar-refractivity contribution in [3.05, 3.63) is 23.4 Å². The average Bonchev–Trinajstić information content (AvgIpc) is 3.05. The number of ether oxygens (including phenoxy) is 3. The highest BCUT2D eigenvalue weighted by Gasteiger charge is 2.44. The van der Waals surface area contributed by atoms with Crippen molar-refractivity contribution in [2.45, 2.75) is 75.6 Å². The lowest BCUT2D eigenvalue weighted by Crippen LogP contribution is -2.43. The van der Waals surface area contributed by atoms with Crippen LogP contribution in [0.5, 0.6) is 0 Å². The van der Waals surface area contributed by atoms with Gasteiger partial charge in [0, 0.05) is 26.1 Å². The van der Waals surface area contributed by atoms with Crippen molar-refractivity contribution in [2.24, 2.45) is 4.99 Å². The van der Waals surface area contributed by atoms with Crippen molar-refractivity contribution < 1.29 is 32.2 Å². The number of alkyl halides is 3. The van der Waals surface area contributed by atoms with Gasteiger partial charge in [0.15, 0.2) is 0 Å². The molecule has 0 spiro atoms. The number of aliphatic imine (C=N–C) groups is 1. The second kappa shape index (κ2) is 10.8.